The van der Waals surface area contributed by atoms with Gasteiger partial charge >= 0.3 is 0 Å². The zero-order valence-electron chi connectivity index (χ0n) is 11.7. The maximum Gasteiger partial charge on any atom is 0.227 e. The van der Waals surface area contributed by atoms with Crippen LogP contribution in [0.5, 0.6) is 0 Å². The Hall–Kier alpha value is -1.80. The lowest BCUT2D eigenvalue weighted by molar-refractivity contribution is -0.138. The van der Waals surface area contributed by atoms with Crippen LogP contribution in [0, 0.1) is 18.3 Å². The van der Waals surface area contributed by atoms with E-state index in [1.54, 1.807) is 0 Å². The number of terminal acetylenes is 1. The van der Waals surface area contributed by atoms with Crippen molar-refractivity contribution in [3.63, 3.8) is 0 Å². The minimum atomic E-state index is 0.107. The third-order valence-corrected chi connectivity index (χ3v) is 4.31. The number of aryl methyl sites for hydroxylation is 1. The predicted molar refractivity (Wildman–Crippen MR) is 75.9 cm³/mol. The van der Waals surface area contributed by atoms with Gasteiger partial charge in [-0.25, -0.2) is 4.98 Å². The second-order valence-corrected chi connectivity index (χ2v) is 5.58. The second kappa shape index (κ2) is 5.68. The van der Waals surface area contributed by atoms with E-state index in [1.807, 2.05) is 17.4 Å². The summed E-state index contributed by atoms with van der Waals surface area (Å²) in [5.74, 6) is 3.07. The molecular formula is C15H20N4O. The number of carbonyl (C=O) groups is 1. The maximum atomic E-state index is 12.6. The smallest absolute Gasteiger partial charge is 0.227 e. The second-order valence-electron chi connectivity index (χ2n) is 5.58. The summed E-state index contributed by atoms with van der Waals surface area (Å²) >= 11 is 0. The molecule has 106 valence electrons. The van der Waals surface area contributed by atoms with Crippen molar-refractivity contribution < 1.29 is 4.79 Å². The molecule has 3 rings (SSSR count). The zero-order chi connectivity index (χ0) is 13.9. The highest BCUT2D eigenvalue weighted by molar-refractivity contribution is 5.79. The number of hydrogen-bond donors (Lipinski definition) is 0. The van der Waals surface area contributed by atoms with Crippen molar-refractivity contribution in [3.05, 3.63) is 18.2 Å². The SMILES string of the molecule is C#CCN1CCN(C(=O)C2CCc3cncn3C2)CC1. The van der Waals surface area contributed by atoms with E-state index < -0.39 is 0 Å². The van der Waals surface area contributed by atoms with E-state index in [9.17, 15) is 4.79 Å². The van der Waals surface area contributed by atoms with Gasteiger partial charge in [0.15, 0.2) is 0 Å². The minimum absolute atomic E-state index is 0.107. The monoisotopic (exact) mass is 272 g/mol. The Morgan fingerprint density at radius 2 is 2.20 bits per heavy atom. The van der Waals surface area contributed by atoms with Crippen LogP contribution in [0.3, 0.4) is 0 Å². The van der Waals surface area contributed by atoms with Crippen LogP contribution in [0.1, 0.15) is 12.1 Å². The fourth-order valence-electron chi connectivity index (χ4n) is 3.09. The predicted octanol–water partition coefficient (Wildman–Crippen LogP) is 0.223. The Kier molecular flexibility index (Phi) is 3.75. The molecule has 5 nitrogen and oxygen atoms in total. The van der Waals surface area contributed by atoms with Gasteiger partial charge in [-0.05, 0) is 12.8 Å². The number of amides is 1. The standard InChI is InChI=1S/C15H20N4O/c1-2-5-17-6-8-18(9-7-17)15(20)13-3-4-14-10-16-12-19(14)11-13/h1,10,12-13H,3-9,11H2. The normalized spacial score (nSPS) is 23.1. The van der Waals surface area contributed by atoms with Crippen molar-refractivity contribution >= 4 is 5.91 Å². The number of rotatable bonds is 2. The third kappa shape index (κ3) is 2.56. The number of carbonyl (C=O) groups excluding carboxylic acids is 1. The number of aromatic nitrogens is 2. The van der Waals surface area contributed by atoms with E-state index in [2.05, 4.69) is 20.4 Å². The molecule has 0 N–H and O–H groups in total. The number of imidazole rings is 1. The Balaban J connectivity index is 1.57. The van der Waals surface area contributed by atoms with Crippen molar-refractivity contribution in [2.75, 3.05) is 32.7 Å². The van der Waals surface area contributed by atoms with Gasteiger partial charge in [0.25, 0.3) is 0 Å². The molecule has 0 spiro atoms. The molecule has 5 heteroatoms. The van der Waals surface area contributed by atoms with Gasteiger partial charge in [0.05, 0.1) is 18.8 Å². The molecule has 20 heavy (non-hydrogen) atoms. The molecule has 0 aromatic carbocycles. The van der Waals surface area contributed by atoms with Crippen molar-refractivity contribution in [3.8, 4) is 12.3 Å². The van der Waals surface area contributed by atoms with Crippen LogP contribution < -0.4 is 0 Å². The molecule has 2 aliphatic rings. The highest BCUT2D eigenvalue weighted by atomic mass is 16.2. The summed E-state index contributed by atoms with van der Waals surface area (Å²) in [4.78, 5) is 21.0. The van der Waals surface area contributed by atoms with E-state index >= 15 is 0 Å². The van der Waals surface area contributed by atoms with Crippen LogP contribution in [0.25, 0.3) is 0 Å². The van der Waals surface area contributed by atoms with Gasteiger partial charge in [0.2, 0.25) is 5.91 Å². The van der Waals surface area contributed by atoms with Crippen molar-refractivity contribution in [1.29, 1.82) is 0 Å². The molecule has 0 radical (unpaired) electrons. The molecule has 1 atom stereocenters. The number of piperazine rings is 1. The Morgan fingerprint density at radius 1 is 1.40 bits per heavy atom. The summed E-state index contributed by atoms with van der Waals surface area (Å²) in [5, 5.41) is 0. The molecular weight excluding hydrogens is 252 g/mol. The summed E-state index contributed by atoms with van der Waals surface area (Å²) in [6.07, 6.45) is 11.0. The highest BCUT2D eigenvalue weighted by Gasteiger charge is 2.30. The molecule has 2 aliphatic heterocycles. The number of fused-ring (bicyclic) bond motifs is 1. The van der Waals surface area contributed by atoms with E-state index in [0.29, 0.717) is 12.5 Å². The molecule has 1 amide bonds. The zero-order valence-corrected chi connectivity index (χ0v) is 11.7. The molecule has 1 unspecified atom stereocenters. The first-order valence-corrected chi connectivity index (χ1v) is 7.21. The van der Waals surface area contributed by atoms with Crippen LogP contribution in [0.2, 0.25) is 0 Å². The molecule has 0 saturated carbocycles. The topological polar surface area (TPSA) is 41.4 Å². The lowest BCUT2D eigenvalue weighted by Gasteiger charge is -2.36. The first-order chi connectivity index (χ1) is 9.78. The Labute approximate surface area is 119 Å². The van der Waals surface area contributed by atoms with E-state index in [1.165, 1.54) is 5.69 Å². The summed E-state index contributed by atoms with van der Waals surface area (Å²) < 4.78 is 2.11. The molecule has 0 aliphatic carbocycles. The first kappa shape index (κ1) is 13.2. The third-order valence-electron chi connectivity index (χ3n) is 4.31. The van der Waals surface area contributed by atoms with Gasteiger partial charge in [-0.3, -0.25) is 9.69 Å². The summed E-state index contributed by atoms with van der Waals surface area (Å²) in [6.45, 7) is 4.84. The van der Waals surface area contributed by atoms with Gasteiger partial charge < -0.3 is 9.47 Å². The van der Waals surface area contributed by atoms with Crippen molar-refractivity contribution in [2.45, 2.75) is 19.4 Å². The average Bonchev–Trinajstić information content (AvgIpc) is 2.95. The van der Waals surface area contributed by atoms with Gasteiger partial charge in [-0.15, -0.1) is 6.42 Å². The van der Waals surface area contributed by atoms with Gasteiger partial charge in [-0.2, -0.15) is 0 Å². The summed E-state index contributed by atoms with van der Waals surface area (Å²) in [6, 6.07) is 0. The van der Waals surface area contributed by atoms with Gasteiger partial charge in [-0.1, -0.05) is 5.92 Å². The highest BCUT2D eigenvalue weighted by Crippen LogP contribution is 2.22. The number of nitrogens with zero attached hydrogens (tertiary/aromatic N) is 4. The largest absolute Gasteiger partial charge is 0.340 e. The number of hydrogen-bond acceptors (Lipinski definition) is 3. The van der Waals surface area contributed by atoms with E-state index in [0.717, 1.165) is 45.6 Å². The lowest BCUT2D eigenvalue weighted by atomic mass is 9.96. The van der Waals surface area contributed by atoms with Crippen LogP contribution in [-0.4, -0.2) is 58.0 Å². The maximum absolute atomic E-state index is 12.6. The molecule has 1 saturated heterocycles. The molecule has 1 fully saturated rings. The van der Waals surface area contributed by atoms with Crippen LogP contribution >= 0.6 is 0 Å². The first-order valence-electron chi connectivity index (χ1n) is 7.21. The molecule has 3 heterocycles. The van der Waals surface area contributed by atoms with E-state index in [4.69, 9.17) is 6.42 Å². The van der Waals surface area contributed by atoms with Gasteiger partial charge in [0.1, 0.15) is 0 Å². The van der Waals surface area contributed by atoms with E-state index in [-0.39, 0.29) is 5.92 Å². The van der Waals surface area contributed by atoms with Crippen molar-refractivity contribution in [2.24, 2.45) is 5.92 Å². The van der Waals surface area contributed by atoms with Gasteiger partial charge in [0, 0.05) is 44.6 Å². The van der Waals surface area contributed by atoms with Crippen molar-refractivity contribution in [1.82, 2.24) is 19.4 Å². The summed E-state index contributed by atoms with van der Waals surface area (Å²) in [5.41, 5.74) is 1.24. The molecule has 1 aromatic rings. The molecule has 0 bridgehead atoms. The Bertz CT molecular complexity index is 522. The molecule has 1 aromatic heterocycles. The van der Waals surface area contributed by atoms with Crippen LogP contribution in [-0.2, 0) is 17.8 Å². The Morgan fingerprint density at radius 3 is 2.95 bits per heavy atom. The average molecular weight is 272 g/mol. The fourth-order valence-corrected chi connectivity index (χ4v) is 3.09. The lowest BCUT2D eigenvalue weighted by Crippen LogP contribution is -2.51. The minimum Gasteiger partial charge on any atom is -0.340 e. The fraction of sp³-hybridized carbons (Fsp3) is 0.600. The van der Waals surface area contributed by atoms with Crippen LogP contribution in [0.15, 0.2) is 12.5 Å². The summed E-state index contributed by atoms with van der Waals surface area (Å²) in [7, 11) is 0. The van der Waals surface area contributed by atoms with Crippen LogP contribution in [0.4, 0.5) is 0 Å². The quantitative estimate of drug-likeness (QED) is 0.723.